The summed E-state index contributed by atoms with van der Waals surface area (Å²) >= 11 is 0. The summed E-state index contributed by atoms with van der Waals surface area (Å²) in [5, 5.41) is 2.56. The van der Waals surface area contributed by atoms with Gasteiger partial charge < -0.3 is 14.6 Å². The van der Waals surface area contributed by atoms with Gasteiger partial charge >= 0.3 is 7.12 Å². The summed E-state index contributed by atoms with van der Waals surface area (Å²) < 4.78 is 52.8. The van der Waals surface area contributed by atoms with Gasteiger partial charge in [-0.05, 0) is 33.2 Å². The molecule has 2 rings (SSSR count). The van der Waals surface area contributed by atoms with Crippen molar-refractivity contribution < 1.29 is 27.3 Å². The largest absolute Gasteiger partial charge is 0.492 e. The second kappa shape index (κ2) is 6.84. The standard InChI is InChI=1S/C17H21BF3NO3/c1-10(23)22-9-11(18-24-16(2,3)17(4,5)25-18)6-13-14(20)7-12(19)8-15(13)21/h6-8H,9H2,1-5H3,(H,22,23). The SMILES string of the molecule is CC(=O)NCC(=Cc1c(F)cc(F)cc1F)B1OC(C)(C)C(C)(C)O1. The van der Waals surface area contributed by atoms with Crippen molar-refractivity contribution in [2.75, 3.05) is 6.54 Å². The van der Waals surface area contributed by atoms with Crippen LogP contribution < -0.4 is 5.32 Å². The van der Waals surface area contributed by atoms with Gasteiger partial charge in [-0.15, -0.1) is 0 Å². The molecular formula is C17H21BF3NO3. The molecule has 0 radical (unpaired) electrons. The van der Waals surface area contributed by atoms with Gasteiger partial charge in [0.25, 0.3) is 0 Å². The highest BCUT2D eigenvalue weighted by Gasteiger charge is 2.52. The number of benzene rings is 1. The first-order chi connectivity index (χ1) is 11.4. The molecule has 1 heterocycles. The summed E-state index contributed by atoms with van der Waals surface area (Å²) in [6.45, 7) is 8.64. The monoisotopic (exact) mass is 355 g/mol. The molecule has 1 aromatic carbocycles. The normalized spacial score (nSPS) is 19.2. The van der Waals surface area contributed by atoms with Gasteiger partial charge in [0.1, 0.15) is 17.5 Å². The third-order valence-corrected chi connectivity index (χ3v) is 4.47. The Labute approximate surface area is 145 Å². The molecule has 0 bridgehead atoms. The van der Waals surface area contributed by atoms with E-state index in [9.17, 15) is 18.0 Å². The molecule has 1 aliphatic heterocycles. The molecule has 4 nitrogen and oxygen atoms in total. The molecule has 1 saturated heterocycles. The predicted molar refractivity (Wildman–Crippen MR) is 89.1 cm³/mol. The molecule has 136 valence electrons. The van der Waals surface area contributed by atoms with Crippen molar-refractivity contribution in [2.24, 2.45) is 0 Å². The summed E-state index contributed by atoms with van der Waals surface area (Å²) in [6.07, 6.45) is 1.18. The maximum atomic E-state index is 14.0. The number of hydrogen-bond acceptors (Lipinski definition) is 3. The molecule has 25 heavy (non-hydrogen) atoms. The molecule has 0 unspecified atom stereocenters. The molecule has 1 amide bonds. The van der Waals surface area contributed by atoms with E-state index < -0.39 is 41.3 Å². The van der Waals surface area contributed by atoms with Crippen LogP contribution in [0.3, 0.4) is 0 Å². The Morgan fingerprint density at radius 3 is 2.04 bits per heavy atom. The molecule has 1 N–H and O–H groups in total. The molecular weight excluding hydrogens is 334 g/mol. The average Bonchev–Trinajstić information content (AvgIpc) is 2.65. The summed E-state index contributed by atoms with van der Waals surface area (Å²) in [4.78, 5) is 11.2. The highest BCUT2D eigenvalue weighted by molar-refractivity contribution is 6.56. The van der Waals surface area contributed by atoms with Crippen LogP contribution in [0, 0.1) is 17.5 Å². The lowest BCUT2D eigenvalue weighted by molar-refractivity contribution is -0.118. The Morgan fingerprint density at radius 1 is 1.12 bits per heavy atom. The Morgan fingerprint density at radius 2 is 1.60 bits per heavy atom. The molecule has 0 aliphatic carbocycles. The van der Waals surface area contributed by atoms with Crippen molar-refractivity contribution in [2.45, 2.75) is 45.8 Å². The topological polar surface area (TPSA) is 47.6 Å². The number of carbonyl (C=O) groups excluding carboxylic acids is 1. The zero-order valence-electron chi connectivity index (χ0n) is 14.9. The van der Waals surface area contributed by atoms with Crippen molar-refractivity contribution in [3.63, 3.8) is 0 Å². The molecule has 1 aromatic rings. The summed E-state index contributed by atoms with van der Waals surface area (Å²) in [5.41, 5.74) is -1.42. The van der Waals surface area contributed by atoms with Crippen LogP contribution in [0.1, 0.15) is 40.2 Å². The third-order valence-electron chi connectivity index (χ3n) is 4.47. The first kappa shape index (κ1) is 19.5. The lowest BCUT2D eigenvalue weighted by Crippen LogP contribution is -2.41. The first-order valence-electron chi connectivity index (χ1n) is 7.88. The van der Waals surface area contributed by atoms with Crippen LogP contribution in [0.2, 0.25) is 0 Å². The van der Waals surface area contributed by atoms with Gasteiger partial charge in [0.2, 0.25) is 5.91 Å². The Hall–Kier alpha value is -1.80. The molecule has 1 aliphatic rings. The minimum atomic E-state index is -1.05. The molecule has 0 spiro atoms. The highest BCUT2D eigenvalue weighted by Crippen LogP contribution is 2.38. The van der Waals surface area contributed by atoms with Crippen LogP contribution >= 0.6 is 0 Å². The Kier molecular flexibility index (Phi) is 5.34. The fourth-order valence-electron chi connectivity index (χ4n) is 2.30. The van der Waals surface area contributed by atoms with E-state index in [1.165, 1.54) is 13.0 Å². The number of amides is 1. The van der Waals surface area contributed by atoms with Crippen molar-refractivity contribution in [1.29, 1.82) is 0 Å². The molecule has 0 atom stereocenters. The van der Waals surface area contributed by atoms with Crippen molar-refractivity contribution in [3.05, 3.63) is 40.6 Å². The van der Waals surface area contributed by atoms with E-state index in [0.717, 1.165) is 0 Å². The Balaban J connectivity index is 2.42. The lowest BCUT2D eigenvalue weighted by atomic mass is 9.77. The first-order valence-corrected chi connectivity index (χ1v) is 7.88. The van der Waals surface area contributed by atoms with Gasteiger partial charge in [0, 0.05) is 31.2 Å². The fraction of sp³-hybridized carbons (Fsp3) is 0.471. The minimum Gasteiger partial charge on any atom is -0.400 e. The van der Waals surface area contributed by atoms with E-state index in [0.29, 0.717) is 17.6 Å². The highest BCUT2D eigenvalue weighted by atomic mass is 19.1. The average molecular weight is 355 g/mol. The van der Waals surface area contributed by atoms with Crippen LogP contribution in [-0.2, 0) is 14.1 Å². The second-order valence-corrected chi connectivity index (χ2v) is 7.00. The smallest absolute Gasteiger partial charge is 0.400 e. The summed E-state index contributed by atoms with van der Waals surface area (Å²) in [7, 11) is -0.902. The van der Waals surface area contributed by atoms with Crippen LogP contribution in [0.15, 0.2) is 17.6 Å². The number of halogens is 3. The number of hydrogen-bond donors (Lipinski definition) is 1. The van der Waals surface area contributed by atoms with Gasteiger partial charge in [-0.2, -0.15) is 0 Å². The van der Waals surface area contributed by atoms with Crippen molar-refractivity contribution in [1.82, 2.24) is 5.32 Å². The number of carbonyl (C=O) groups is 1. The van der Waals surface area contributed by atoms with Crippen molar-refractivity contribution in [3.8, 4) is 0 Å². The van der Waals surface area contributed by atoms with Gasteiger partial charge in [0.15, 0.2) is 0 Å². The van der Waals surface area contributed by atoms with Crippen molar-refractivity contribution >= 4 is 19.1 Å². The van der Waals surface area contributed by atoms with E-state index >= 15 is 0 Å². The van der Waals surface area contributed by atoms with Gasteiger partial charge in [0.05, 0.1) is 11.2 Å². The maximum absolute atomic E-state index is 14.0. The fourth-order valence-corrected chi connectivity index (χ4v) is 2.30. The van der Waals surface area contributed by atoms with Crippen LogP contribution in [0.4, 0.5) is 13.2 Å². The maximum Gasteiger partial charge on any atom is 0.492 e. The number of rotatable bonds is 4. The van der Waals surface area contributed by atoms with Crippen LogP contribution in [0.5, 0.6) is 0 Å². The van der Waals surface area contributed by atoms with Gasteiger partial charge in [-0.3, -0.25) is 4.79 Å². The number of nitrogens with one attached hydrogen (secondary N) is 1. The quantitative estimate of drug-likeness (QED) is 0.844. The van der Waals surface area contributed by atoms with E-state index in [1.807, 2.05) is 27.7 Å². The zero-order valence-corrected chi connectivity index (χ0v) is 14.9. The second-order valence-electron chi connectivity index (χ2n) is 7.00. The molecule has 1 fully saturated rings. The van der Waals surface area contributed by atoms with E-state index in [4.69, 9.17) is 9.31 Å². The third kappa shape index (κ3) is 4.25. The predicted octanol–water partition coefficient (Wildman–Crippen LogP) is 3.25. The van der Waals surface area contributed by atoms with Gasteiger partial charge in [-0.25, -0.2) is 13.2 Å². The molecule has 0 aromatic heterocycles. The van der Waals surface area contributed by atoms with Gasteiger partial charge in [-0.1, -0.05) is 6.08 Å². The van der Waals surface area contributed by atoms with E-state index in [2.05, 4.69) is 5.32 Å². The zero-order chi connectivity index (χ0) is 19.0. The van der Waals surface area contributed by atoms with Crippen LogP contribution in [0.25, 0.3) is 6.08 Å². The van der Waals surface area contributed by atoms with Crippen LogP contribution in [-0.4, -0.2) is 30.8 Å². The molecule has 0 saturated carbocycles. The minimum absolute atomic E-state index is 0.0254. The molecule has 8 heteroatoms. The van der Waals surface area contributed by atoms with E-state index in [-0.39, 0.29) is 12.5 Å². The summed E-state index contributed by atoms with van der Waals surface area (Å²) in [5.74, 6) is -3.42. The van der Waals surface area contributed by atoms with E-state index in [1.54, 1.807) is 0 Å². The summed E-state index contributed by atoms with van der Waals surface area (Å²) in [6, 6.07) is 1.18. The lowest BCUT2D eigenvalue weighted by Gasteiger charge is -2.32. The Bertz CT molecular complexity index is 680.